The van der Waals surface area contributed by atoms with Gasteiger partial charge < -0.3 is 10.1 Å². The maximum Gasteiger partial charge on any atom is 0.416 e. The average Bonchev–Trinajstić information content (AvgIpc) is 1.76. The van der Waals surface area contributed by atoms with Gasteiger partial charge in [-0.25, -0.2) is 0 Å². The molecule has 80 valence electrons. The number of alkyl halides is 3. The predicted octanol–water partition coefficient (Wildman–Crippen LogP) is 1.74. The van der Waals surface area contributed by atoms with Crippen molar-refractivity contribution in [2.45, 2.75) is 31.7 Å². The minimum absolute atomic E-state index is 0. The third-order valence-electron chi connectivity index (χ3n) is 1.89. The van der Waals surface area contributed by atoms with Crippen LogP contribution in [0.3, 0.4) is 0 Å². The van der Waals surface area contributed by atoms with E-state index in [-0.39, 0.29) is 18.5 Å². The van der Waals surface area contributed by atoms with E-state index < -0.39 is 11.8 Å². The smallest absolute Gasteiger partial charge is 0.360 e. The number of halogens is 4. The van der Waals surface area contributed by atoms with Crippen molar-refractivity contribution in [3.05, 3.63) is 0 Å². The summed E-state index contributed by atoms with van der Waals surface area (Å²) in [6.45, 7) is 3.12. The first-order chi connectivity index (χ1) is 5.33. The maximum absolute atomic E-state index is 12.2. The molecular weight excluding hydrogens is 207 g/mol. The van der Waals surface area contributed by atoms with Gasteiger partial charge in [-0.05, 0) is 13.8 Å². The van der Waals surface area contributed by atoms with Crippen LogP contribution in [0.15, 0.2) is 0 Å². The van der Waals surface area contributed by atoms with E-state index in [0.29, 0.717) is 13.1 Å². The van der Waals surface area contributed by atoms with E-state index in [9.17, 15) is 13.2 Å². The van der Waals surface area contributed by atoms with Gasteiger partial charge in [0.1, 0.15) is 0 Å². The molecule has 1 heterocycles. The molecule has 0 aromatic carbocycles. The van der Waals surface area contributed by atoms with Crippen molar-refractivity contribution in [1.29, 1.82) is 0 Å². The van der Waals surface area contributed by atoms with E-state index in [0.717, 1.165) is 13.8 Å². The maximum atomic E-state index is 12.2. The zero-order valence-corrected chi connectivity index (χ0v) is 8.26. The van der Waals surface area contributed by atoms with Gasteiger partial charge in [-0.15, -0.1) is 12.4 Å². The van der Waals surface area contributed by atoms with Crippen LogP contribution >= 0.6 is 12.4 Å². The van der Waals surface area contributed by atoms with Crippen molar-refractivity contribution in [2.75, 3.05) is 13.1 Å². The standard InChI is InChI=1S/C7H12F3NO.ClH/c1-6(2,7(8,9)10)12-5-3-11-4-5;/h5,11H,3-4H2,1-2H3;1H. The van der Waals surface area contributed by atoms with E-state index >= 15 is 0 Å². The van der Waals surface area contributed by atoms with Gasteiger partial charge in [0, 0.05) is 13.1 Å². The molecule has 0 spiro atoms. The summed E-state index contributed by atoms with van der Waals surface area (Å²) in [6, 6.07) is 0. The molecule has 1 saturated heterocycles. The Bertz CT molecular complexity index is 168. The molecule has 1 aliphatic heterocycles. The molecule has 6 heteroatoms. The first kappa shape index (κ1) is 13.0. The number of hydrogen-bond acceptors (Lipinski definition) is 2. The van der Waals surface area contributed by atoms with E-state index in [1.54, 1.807) is 0 Å². The summed E-state index contributed by atoms with van der Waals surface area (Å²) < 4.78 is 41.5. The summed E-state index contributed by atoms with van der Waals surface area (Å²) in [7, 11) is 0. The van der Waals surface area contributed by atoms with Crippen LogP contribution < -0.4 is 5.32 Å². The second kappa shape index (κ2) is 4.02. The summed E-state index contributed by atoms with van der Waals surface area (Å²) in [4.78, 5) is 0. The van der Waals surface area contributed by atoms with E-state index in [1.807, 2.05) is 0 Å². The fraction of sp³-hybridized carbons (Fsp3) is 1.00. The largest absolute Gasteiger partial charge is 0.416 e. The molecule has 0 aromatic heterocycles. The van der Waals surface area contributed by atoms with E-state index in [4.69, 9.17) is 4.74 Å². The molecular formula is C7H13ClF3NO. The Balaban J connectivity index is 0.00000144. The Kier molecular flexibility index (Phi) is 4.02. The topological polar surface area (TPSA) is 21.3 Å². The van der Waals surface area contributed by atoms with Gasteiger partial charge in [0.05, 0.1) is 6.10 Å². The van der Waals surface area contributed by atoms with E-state index in [1.165, 1.54) is 0 Å². The highest BCUT2D eigenvalue weighted by atomic mass is 35.5. The molecule has 0 aliphatic carbocycles. The number of hydrogen-bond donors (Lipinski definition) is 1. The van der Waals surface area contributed by atoms with Crippen LogP contribution in [0.1, 0.15) is 13.8 Å². The lowest BCUT2D eigenvalue weighted by atomic mass is 10.1. The Morgan fingerprint density at radius 1 is 1.23 bits per heavy atom. The number of nitrogens with one attached hydrogen (secondary N) is 1. The van der Waals surface area contributed by atoms with Gasteiger partial charge in [-0.1, -0.05) is 0 Å². The Morgan fingerprint density at radius 3 is 1.92 bits per heavy atom. The van der Waals surface area contributed by atoms with Gasteiger partial charge in [0.2, 0.25) is 0 Å². The van der Waals surface area contributed by atoms with Crippen molar-refractivity contribution in [3.63, 3.8) is 0 Å². The highest BCUT2D eigenvalue weighted by Crippen LogP contribution is 2.34. The van der Waals surface area contributed by atoms with Crippen LogP contribution in [0, 0.1) is 0 Å². The lowest BCUT2D eigenvalue weighted by molar-refractivity contribution is -0.280. The molecule has 0 bridgehead atoms. The molecule has 0 saturated carbocycles. The quantitative estimate of drug-likeness (QED) is 0.764. The van der Waals surface area contributed by atoms with Crippen LogP contribution in [-0.2, 0) is 4.74 Å². The molecule has 0 amide bonds. The molecule has 1 fully saturated rings. The van der Waals surface area contributed by atoms with Crippen LogP contribution in [0.5, 0.6) is 0 Å². The average molecular weight is 220 g/mol. The molecule has 0 atom stereocenters. The lowest BCUT2D eigenvalue weighted by Gasteiger charge is -2.36. The van der Waals surface area contributed by atoms with Crippen LogP contribution in [0.2, 0.25) is 0 Å². The van der Waals surface area contributed by atoms with Crippen molar-refractivity contribution in [3.8, 4) is 0 Å². The molecule has 13 heavy (non-hydrogen) atoms. The summed E-state index contributed by atoms with van der Waals surface area (Å²) in [5.74, 6) is 0. The number of rotatable bonds is 2. The van der Waals surface area contributed by atoms with Gasteiger partial charge in [0.15, 0.2) is 5.60 Å². The van der Waals surface area contributed by atoms with Crippen molar-refractivity contribution in [2.24, 2.45) is 0 Å². The lowest BCUT2D eigenvalue weighted by Crippen LogP contribution is -2.55. The third kappa shape index (κ3) is 3.00. The molecule has 1 aliphatic rings. The minimum Gasteiger partial charge on any atom is -0.360 e. The second-order valence-corrected chi connectivity index (χ2v) is 3.41. The van der Waals surface area contributed by atoms with Crippen LogP contribution in [0.25, 0.3) is 0 Å². The Hall–Kier alpha value is -0.0000000000000000555. The molecule has 0 radical (unpaired) electrons. The first-order valence-electron chi connectivity index (χ1n) is 3.78. The normalized spacial score (nSPS) is 19.2. The molecule has 2 nitrogen and oxygen atoms in total. The predicted molar refractivity (Wildman–Crippen MR) is 45.1 cm³/mol. The second-order valence-electron chi connectivity index (χ2n) is 3.41. The third-order valence-corrected chi connectivity index (χ3v) is 1.89. The number of ether oxygens (including phenoxy) is 1. The van der Waals surface area contributed by atoms with Gasteiger partial charge in [-0.3, -0.25) is 0 Å². The molecule has 1 rings (SSSR count). The zero-order valence-electron chi connectivity index (χ0n) is 7.44. The highest BCUT2D eigenvalue weighted by molar-refractivity contribution is 5.85. The summed E-state index contributed by atoms with van der Waals surface area (Å²) in [5, 5.41) is 2.84. The van der Waals surface area contributed by atoms with Crippen molar-refractivity contribution < 1.29 is 17.9 Å². The van der Waals surface area contributed by atoms with Gasteiger partial charge in [-0.2, -0.15) is 13.2 Å². The van der Waals surface area contributed by atoms with Crippen molar-refractivity contribution in [1.82, 2.24) is 5.32 Å². The Morgan fingerprint density at radius 2 is 1.69 bits per heavy atom. The summed E-state index contributed by atoms with van der Waals surface area (Å²) >= 11 is 0. The summed E-state index contributed by atoms with van der Waals surface area (Å²) in [6.07, 6.45) is -4.58. The minimum atomic E-state index is -4.29. The first-order valence-corrected chi connectivity index (χ1v) is 3.78. The fourth-order valence-corrected chi connectivity index (χ4v) is 0.829. The SMILES string of the molecule is CC(C)(OC1CNC1)C(F)(F)F.Cl. The van der Waals surface area contributed by atoms with E-state index in [2.05, 4.69) is 5.32 Å². The van der Waals surface area contributed by atoms with Crippen LogP contribution in [0.4, 0.5) is 13.2 Å². The van der Waals surface area contributed by atoms with Gasteiger partial charge in [0.25, 0.3) is 0 Å². The molecule has 0 unspecified atom stereocenters. The highest BCUT2D eigenvalue weighted by Gasteiger charge is 2.50. The Labute approximate surface area is 81.2 Å². The monoisotopic (exact) mass is 219 g/mol. The van der Waals surface area contributed by atoms with Gasteiger partial charge >= 0.3 is 6.18 Å². The fourth-order valence-electron chi connectivity index (χ4n) is 0.829. The summed E-state index contributed by atoms with van der Waals surface area (Å²) in [5.41, 5.74) is -2.03. The zero-order chi connectivity index (χ0) is 9.41. The molecule has 1 N–H and O–H groups in total. The van der Waals surface area contributed by atoms with Crippen LogP contribution in [-0.4, -0.2) is 31.0 Å². The van der Waals surface area contributed by atoms with Crippen molar-refractivity contribution >= 4 is 12.4 Å². The molecule has 0 aromatic rings.